The van der Waals surface area contributed by atoms with E-state index in [1.807, 2.05) is 41.5 Å². The van der Waals surface area contributed by atoms with Crippen LogP contribution in [0.15, 0.2) is 23.3 Å². The lowest BCUT2D eigenvalue weighted by Crippen LogP contribution is -2.47. The minimum atomic E-state index is -0.823. The highest BCUT2D eigenvalue weighted by Crippen LogP contribution is 2.38. The third-order valence-corrected chi connectivity index (χ3v) is 4.30. The minimum Gasteiger partial charge on any atom is -0.446 e. The summed E-state index contributed by atoms with van der Waals surface area (Å²) in [7, 11) is 1.62. The second-order valence-electron chi connectivity index (χ2n) is 7.99. The summed E-state index contributed by atoms with van der Waals surface area (Å²) in [5, 5.41) is 0. The van der Waals surface area contributed by atoms with Crippen LogP contribution in [0.2, 0.25) is 0 Å². The number of hydrogen-bond donors (Lipinski definition) is 0. The van der Waals surface area contributed by atoms with Crippen molar-refractivity contribution in [3.8, 4) is 0 Å². The molecule has 146 valence electrons. The molecule has 1 fully saturated rings. The highest BCUT2D eigenvalue weighted by Gasteiger charge is 2.48. The van der Waals surface area contributed by atoms with Crippen molar-refractivity contribution in [2.75, 3.05) is 13.7 Å². The Kier molecular flexibility index (Phi) is 5.82. The largest absolute Gasteiger partial charge is 0.446 e. The van der Waals surface area contributed by atoms with Gasteiger partial charge < -0.3 is 18.6 Å². The summed E-state index contributed by atoms with van der Waals surface area (Å²) in [5.74, 6) is 0.464. The predicted octanol–water partition coefficient (Wildman–Crippen LogP) is 4.23. The number of nitrogens with zero attached hydrogens (tertiary/aromatic N) is 2. The van der Waals surface area contributed by atoms with E-state index < -0.39 is 23.5 Å². The van der Waals surface area contributed by atoms with Crippen molar-refractivity contribution in [1.29, 1.82) is 0 Å². The molecule has 2 heterocycles. The van der Waals surface area contributed by atoms with Crippen molar-refractivity contribution in [3.63, 3.8) is 0 Å². The Morgan fingerprint density at radius 3 is 2.69 bits per heavy atom. The molecule has 1 unspecified atom stereocenters. The molecule has 2 rings (SSSR count). The molecule has 0 aromatic carbocycles. The van der Waals surface area contributed by atoms with Gasteiger partial charge in [0.2, 0.25) is 5.89 Å². The minimum absolute atomic E-state index is 0.0659. The molecule has 1 aliphatic rings. The molecule has 0 spiro atoms. The van der Waals surface area contributed by atoms with Gasteiger partial charge in [-0.1, -0.05) is 13.0 Å². The van der Waals surface area contributed by atoms with Crippen molar-refractivity contribution >= 4 is 6.09 Å². The van der Waals surface area contributed by atoms with Crippen LogP contribution < -0.4 is 0 Å². The number of aromatic nitrogens is 1. The summed E-state index contributed by atoms with van der Waals surface area (Å²) in [4.78, 5) is 18.8. The van der Waals surface area contributed by atoms with Crippen LogP contribution in [-0.4, -0.2) is 41.0 Å². The number of carbonyl (C=O) groups is 1. The molecule has 1 aromatic heterocycles. The van der Waals surface area contributed by atoms with Crippen LogP contribution >= 0.6 is 0 Å². The Morgan fingerprint density at radius 2 is 2.15 bits per heavy atom. The summed E-state index contributed by atoms with van der Waals surface area (Å²) >= 11 is 0. The van der Waals surface area contributed by atoms with Crippen molar-refractivity contribution < 1.29 is 23.4 Å². The first-order valence-electron chi connectivity index (χ1n) is 8.77. The lowest BCUT2D eigenvalue weighted by atomic mass is 10.0. The third-order valence-electron chi connectivity index (χ3n) is 4.30. The van der Waals surface area contributed by atoms with Gasteiger partial charge in [0.15, 0.2) is 0 Å². The number of methoxy groups -OCH3 is 1. The number of hydrogen-bond acceptors (Lipinski definition) is 6. The monoisotopic (exact) mass is 366 g/mol. The van der Waals surface area contributed by atoms with Crippen molar-refractivity contribution in [2.45, 2.75) is 65.0 Å². The van der Waals surface area contributed by atoms with Gasteiger partial charge in [-0.05, 0) is 34.6 Å². The van der Waals surface area contributed by atoms with Gasteiger partial charge in [0.1, 0.15) is 35.4 Å². The highest BCUT2D eigenvalue weighted by atomic mass is 16.6. The molecule has 0 aliphatic carbocycles. The average Bonchev–Trinajstić information content (AvgIpc) is 3.10. The van der Waals surface area contributed by atoms with Crippen LogP contribution in [-0.2, 0) is 14.2 Å². The van der Waals surface area contributed by atoms with Gasteiger partial charge in [-0.25, -0.2) is 9.78 Å². The number of oxazole rings is 1. The zero-order valence-corrected chi connectivity index (χ0v) is 16.7. The number of ether oxygens (including phenoxy) is 3. The van der Waals surface area contributed by atoms with Crippen LogP contribution in [0.25, 0.3) is 0 Å². The van der Waals surface area contributed by atoms with E-state index in [0.29, 0.717) is 11.6 Å². The molecule has 1 amide bonds. The smallest absolute Gasteiger partial charge is 0.413 e. The molecule has 0 radical (unpaired) electrons. The van der Waals surface area contributed by atoms with E-state index in [2.05, 4.69) is 11.6 Å². The SMILES string of the molecule is C=C[C@H](C)[C@H](OC)c1coc(C2COC(C)(C)N2C(=O)OC(C)(C)C)n1. The van der Waals surface area contributed by atoms with Crippen molar-refractivity contribution in [2.24, 2.45) is 5.92 Å². The fourth-order valence-electron chi connectivity index (χ4n) is 2.95. The quantitative estimate of drug-likeness (QED) is 0.726. The standard InChI is InChI=1S/C19H30N2O5/c1-9-12(2)15(23-8)13-10-24-16(20-13)14-11-25-19(6,7)21(14)17(22)26-18(3,4)5/h9-10,12,14-15H,1,11H2,2-8H3/t12-,14?,15-/m0/s1. The van der Waals surface area contributed by atoms with E-state index in [9.17, 15) is 4.79 Å². The van der Waals surface area contributed by atoms with Crippen molar-refractivity contribution in [1.82, 2.24) is 9.88 Å². The predicted molar refractivity (Wildman–Crippen MR) is 96.5 cm³/mol. The number of rotatable bonds is 5. The van der Waals surface area contributed by atoms with Gasteiger partial charge in [-0.2, -0.15) is 0 Å². The molecule has 1 aromatic rings. The maximum atomic E-state index is 12.7. The van der Waals surface area contributed by atoms with E-state index in [-0.39, 0.29) is 18.6 Å². The first kappa shape index (κ1) is 20.5. The number of amides is 1. The Labute approximate surface area is 155 Å². The lowest BCUT2D eigenvalue weighted by molar-refractivity contribution is -0.0634. The molecule has 0 bridgehead atoms. The number of carbonyl (C=O) groups excluding carboxylic acids is 1. The van der Waals surface area contributed by atoms with E-state index in [0.717, 1.165) is 0 Å². The first-order valence-corrected chi connectivity index (χ1v) is 8.77. The summed E-state index contributed by atoms with van der Waals surface area (Å²) in [6, 6.07) is -0.467. The molecule has 0 N–H and O–H groups in total. The van der Waals surface area contributed by atoms with Crippen LogP contribution in [0.3, 0.4) is 0 Å². The lowest BCUT2D eigenvalue weighted by Gasteiger charge is -2.34. The highest BCUT2D eigenvalue weighted by molar-refractivity contribution is 5.69. The molecule has 7 nitrogen and oxygen atoms in total. The molecule has 3 atom stereocenters. The first-order chi connectivity index (χ1) is 12.0. The van der Waals surface area contributed by atoms with Crippen LogP contribution in [0.5, 0.6) is 0 Å². The molecule has 0 saturated carbocycles. The average molecular weight is 366 g/mol. The third kappa shape index (κ3) is 4.27. The van der Waals surface area contributed by atoms with Crippen LogP contribution in [0.1, 0.15) is 65.3 Å². The zero-order chi connectivity index (χ0) is 19.7. The fraction of sp³-hybridized carbons (Fsp3) is 0.684. The van der Waals surface area contributed by atoms with E-state index in [1.54, 1.807) is 19.4 Å². The van der Waals surface area contributed by atoms with Crippen LogP contribution in [0.4, 0.5) is 4.79 Å². The summed E-state index contributed by atoms with van der Waals surface area (Å²) in [6.45, 7) is 15.2. The molecular weight excluding hydrogens is 336 g/mol. The van der Waals surface area contributed by atoms with Gasteiger partial charge in [-0.3, -0.25) is 4.90 Å². The van der Waals surface area contributed by atoms with Gasteiger partial charge >= 0.3 is 6.09 Å². The second kappa shape index (κ2) is 7.40. The van der Waals surface area contributed by atoms with E-state index >= 15 is 0 Å². The maximum absolute atomic E-state index is 12.7. The Bertz CT molecular complexity index is 647. The van der Waals surface area contributed by atoms with Crippen molar-refractivity contribution in [3.05, 3.63) is 30.5 Å². The van der Waals surface area contributed by atoms with Crippen LogP contribution in [0, 0.1) is 5.92 Å². The molecular formula is C19H30N2O5. The van der Waals surface area contributed by atoms with Gasteiger partial charge in [-0.15, -0.1) is 6.58 Å². The van der Waals surface area contributed by atoms with E-state index in [4.69, 9.17) is 18.6 Å². The summed E-state index contributed by atoms with van der Waals surface area (Å²) in [5.41, 5.74) is -0.775. The molecule has 1 saturated heterocycles. The van der Waals surface area contributed by atoms with Gasteiger partial charge in [0.05, 0.1) is 6.61 Å². The fourth-order valence-corrected chi connectivity index (χ4v) is 2.95. The maximum Gasteiger partial charge on any atom is 0.413 e. The Balaban J connectivity index is 2.29. The summed E-state index contributed by atoms with van der Waals surface area (Å²) in [6.07, 6.45) is 2.63. The van der Waals surface area contributed by atoms with E-state index in [1.165, 1.54) is 4.90 Å². The second-order valence-corrected chi connectivity index (χ2v) is 7.99. The normalized spacial score (nSPS) is 22.1. The molecule has 1 aliphatic heterocycles. The molecule has 7 heteroatoms. The topological polar surface area (TPSA) is 74.0 Å². The molecule has 26 heavy (non-hydrogen) atoms. The Hall–Kier alpha value is -1.86. The van der Waals surface area contributed by atoms with Gasteiger partial charge in [0, 0.05) is 13.0 Å². The van der Waals surface area contributed by atoms with Gasteiger partial charge in [0.25, 0.3) is 0 Å². The summed E-state index contributed by atoms with van der Waals surface area (Å²) < 4.78 is 22.5. The zero-order valence-electron chi connectivity index (χ0n) is 16.7. The Morgan fingerprint density at radius 1 is 1.50 bits per heavy atom.